The normalized spacial score (nSPS) is 30.7. The molecule has 2 atom stereocenters. The second kappa shape index (κ2) is 3.97. The van der Waals surface area contributed by atoms with Gasteiger partial charge in [-0.1, -0.05) is 43.2 Å². The maximum absolute atomic E-state index is 2.67. The Bertz CT molecular complexity index is 319. The van der Waals surface area contributed by atoms with E-state index in [1.807, 2.05) is 0 Å². The first-order valence-electron chi connectivity index (χ1n) is 6.21. The van der Waals surface area contributed by atoms with Crippen LogP contribution in [0.15, 0.2) is 30.3 Å². The number of hydrogen-bond acceptors (Lipinski definition) is 1. The zero-order chi connectivity index (χ0) is 10.1. The van der Waals surface area contributed by atoms with Crippen LogP contribution in [0.3, 0.4) is 0 Å². The second-order valence-corrected chi connectivity index (χ2v) is 5.03. The minimum Gasteiger partial charge on any atom is -0.295 e. The fourth-order valence-electron chi connectivity index (χ4n) is 3.18. The summed E-state index contributed by atoms with van der Waals surface area (Å²) in [5, 5.41) is 0. The summed E-state index contributed by atoms with van der Waals surface area (Å²) in [5.74, 6) is 1.03. The monoisotopic (exact) mass is 201 g/mol. The van der Waals surface area contributed by atoms with E-state index in [0.717, 1.165) is 12.0 Å². The highest BCUT2D eigenvalue weighted by molar-refractivity contribution is 5.15. The standard InChI is InChI=1S/C14H19N/c1-2-6-12(7-3-1)10-15-11-13-8-4-5-9-14(13)15/h1-3,6-7,13-14H,4-5,8-11H2/t13-,14+/m1/s1. The molecule has 0 N–H and O–H groups in total. The summed E-state index contributed by atoms with van der Waals surface area (Å²) in [4.78, 5) is 2.67. The van der Waals surface area contributed by atoms with Crippen molar-refractivity contribution in [1.29, 1.82) is 0 Å². The van der Waals surface area contributed by atoms with E-state index in [0.29, 0.717) is 0 Å². The van der Waals surface area contributed by atoms with E-state index < -0.39 is 0 Å². The highest BCUT2D eigenvalue weighted by Gasteiger charge is 2.39. The minimum absolute atomic E-state index is 0.916. The number of likely N-dealkylation sites (tertiary alicyclic amines) is 1. The fraction of sp³-hybridized carbons (Fsp3) is 0.571. The maximum atomic E-state index is 2.67. The lowest BCUT2D eigenvalue weighted by Gasteiger charge is -2.51. The van der Waals surface area contributed by atoms with Gasteiger partial charge in [-0.2, -0.15) is 0 Å². The topological polar surface area (TPSA) is 3.24 Å². The van der Waals surface area contributed by atoms with Crippen LogP contribution in [0.2, 0.25) is 0 Å². The predicted octanol–water partition coefficient (Wildman–Crippen LogP) is 3.06. The molecule has 1 aliphatic carbocycles. The highest BCUT2D eigenvalue weighted by Crippen LogP contribution is 2.37. The molecule has 0 radical (unpaired) electrons. The molecule has 80 valence electrons. The second-order valence-electron chi connectivity index (χ2n) is 5.03. The Labute approximate surface area is 92.1 Å². The SMILES string of the molecule is c1ccc(CN2C[C@H]3CCCC[C@@H]32)cc1. The summed E-state index contributed by atoms with van der Waals surface area (Å²) < 4.78 is 0. The van der Waals surface area contributed by atoms with Crippen molar-refractivity contribution in [3.8, 4) is 0 Å². The van der Waals surface area contributed by atoms with E-state index >= 15 is 0 Å². The summed E-state index contributed by atoms with van der Waals surface area (Å²) in [6.07, 6.45) is 5.85. The van der Waals surface area contributed by atoms with Crippen molar-refractivity contribution in [2.75, 3.05) is 6.54 Å². The van der Waals surface area contributed by atoms with Gasteiger partial charge >= 0.3 is 0 Å². The molecule has 15 heavy (non-hydrogen) atoms. The van der Waals surface area contributed by atoms with Gasteiger partial charge in [0.2, 0.25) is 0 Å². The Morgan fingerprint density at radius 3 is 2.67 bits per heavy atom. The van der Waals surface area contributed by atoms with E-state index in [2.05, 4.69) is 35.2 Å². The number of benzene rings is 1. The third-order valence-electron chi connectivity index (χ3n) is 4.04. The summed E-state index contributed by atoms with van der Waals surface area (Å²) >= 11 is 0. The largest absolute Gasteiger partial charge is 0.295 e. The molecular formula is C14H19N. The van der Waals surface area contributed by atoms with Crippen LogP contribution in [0.4, 0.5) is 0 Å². The van der Waals surface area contributed by atoms with Crippen LogP contribution < -0.4 is 0 Å². The number of rotatable bonds is 2. The van der Waals surface area contributed by atoms with Gasteiger partial charge in [0.25, 0.3) is 0 Å². The van der Waals surface area contributed by atoms with Crippen molar-refractivity contribution < 1.29 is 0 Å². The lowest BCUT2D eigenvalue weighted by molar-refractivity contribution is -0.0208. The van der Waals surface area contributed by atoms with Gasteiger partial charge < -0.3 is 0 Å². The molecule has 1 aliphatic heterocycles. The molecule has 2 aliphatic rings. The van der Waals surface area contributed by atoms with Crippen LogP contribution in [0.1, 0.15) is 31.2 Å². The molecular weight excluding hydrogens is 182 g/mol. The van der Waals surface area contributed by atoms with Crippen LogP contribution in [0.5, 0.6) is 0 Å². The van der Waals surface area contributed by atoms with Crippen LogP contribution in [0, 0.1) is 5.92 Å². The molecule has 0 spiro atoms. The molecule has 0 unspecified atom stereocenters. The van der Waals surface area contributed by atoms with Gasteiger partial charge in [-0.3, -0.25) is 4.90 Å². The Kier molecular flexibility index (Phi) is 2.49. The quantitative estimate of drug-likeness (QED) is 0.711. The van der Waals surface area contributed by atoms with Gasteiger partial charge in [-0.25, -0.2) is 0 Å². The Balaban J connectivity index is 1.61. The van der Waals surface area contributed by atoms with Gasteiger partial charge in [-0.05, 0) is 24.3 Å². The number of hydrogen-bond donors (Lipinski definition) is 0. The van der Waals surface area contributed by atoms with E-state index in [9.17, 15) is 0 Å². The third-order valence-corrected chi connectivity index (χ3v) is 4.04. The minimum atomic E-state index is 0.916. The molecule has 1 saturated heterocycles. The molecule has 0 aromatic heterocycles. The van der Waals surface area contributed by atoms with Gasteiger partial charge in [0.1, 0.15) is 0 Å². The van der Waals surface area contributed by atoms with Crippen LogP contribution in [-0.2, 0) is 6.54 Å². The van der Waals surface area contributed by atoms with Gasteiger partial charge in [-0.15, -0.1) is 0 Å². The first-order chi connectivity index (χ1) is 7.43. The molecule has 0 amide bonds. The molecule has 1 aromatic rings. The average molecular weight is 201 g/mol. The van der Waals surface area contributed by atoms with Crippen molar-refractivity contribution in [2.45, 2.75) is 38.3 Å². The van der Waals surface area contributed by atoms with Crippen molar-refractivity contribution >= 4 is 0 Å². The van der Waals surface area contributed by atoms with E-state index in [4.69, 9.17) is 0 Å². The van der Waals surface area contributed by atoms with Crippen molar-refractivity contribution in [3.05, 3.63) is 35.9 Å². The first-order valence-corrected chi connectivity index (χ1v) is 6.21. The van der Waals surface area contributed by atoms with Crippen molar-refractivity contribution in [1.82, 2.24) is 4.90 Å². The summed E-state index contributed by atoms with van der Waals surface area (Å²) in [5.41, 5.74) is 1.47. The lowest BCUT2D eigenvalue weighted by Crippen LogP contribution is -2.56. The fourth-order valence-corrected chi connectivity index (χ4v) is 3.18. The molecule has 1 aromatic carbocycles. The Morgan fingerprint density at radius 1 is 1.07 bits per heavy atom. The zero-order valence-electron chi connectivity index (χ0n) is 9.23. The predicted molar refractivity (Wildman–Crippen MR) is 62.6 cm³/mol. The molecule has 1 heterocycles. The first kappa shape index (κ1) is 9.41. The number of nitrogens with zero attached hydrogens (tertiary/aromatic N) is 1. The molecule has 1 heteroatoms. The molecule has 1 saturated carbocycles. The summed E-state index contributed by atoms with van der Waals surface area (Å²) in [6.45, 7) is 2.52. The summed E-state index contributed by atoms with van der Waals surface area (Å²) in [6, 6.07) is 11.8. The van der Waals surface area contributed by atoms with Gasteiger partial charge in [0, 0.05) is 19.1 Å². The number of fused-ring (bicyclic) bond motifs is 1. The third kappa shape index (κ3) is 1.81. The zero-order valence-corrected chi connectivity index (χ0v) is 9.23. The van der Waals surface area contributed by atoms with Crippen LogP contribution in [-0.4, -0.2) is 17.5 Å². The molecule has 3 rings (SSSR count). The lowest BCUT2D eigenvalue weighted by atomic mass is 9.77. The van der Waals surface area contributed by atoms with Crippen molar-refractivity contribution in [2.24, 2.45) is 5.92 Å². The van der Waals surface area contributed by atoms with Gasteiger partial charge in [0.15, 0.2) is 0 Å². The highest BCUT2D eigenvalue weighted by atomic mass is 15.2. The van der Waals surface area contributed by atoms with E-state index in [1.165, 1.54) is 44.3 Å². The van der Waals surface area contributed by atoms with Crippen molar-refractivity contribution in [3.63, 3.8) is 0 Å². The smallest absolute Gasteiger partial charge is 0.0236 e. The van der Waals surface area contributed by atoms with E-state index in [-0.39, 0.29) is 0 Å². The van der Waals surface area contributed by atoms with Gasteiger partial charge in [0.05, 0.1) is 0 Å². The molecule has 1 nitrogen and oxygen atoms in total. The summed E-state index contributed by atoms with van der Waals surface area (Å²) in [7, 11) is 0. The Morgan fingerprint density at radius 2 is 1.87 bits per heavy atom. The van der Waals surface area contributed by atoms with Crippen LogP contribution in [0.25, 0.3) is 0 Å². The molecule has 0 bridgehead atoms. The van der Waals surface area contributed by atoms with Crippen LogP contribution >= 0.6 is 0 Å². The maximum Gasteiger partial charge on any atom is 0.0236 e. The molecule has 2 fully saturated rings. The Hall–Kier alpha value is -0.820. The van der Waals surface area contributed by atoms with E-state index in [1.54, 1.807) is 0 Å². The average Bonchev–Trinajstić information content (AvgIpc) is 2.27.